The zero-order valence-corrected chi connectivity index (χ0v) is 13.1. The summed E-state index contributed by atoms with van der Waals surface area (Å²) in [7, 11) is 0. The van der Waals surface area contributed by atoms with E-state index in [9.17, 15) is 8.78 Å². The van der Waals surface area contributed by atoms with Crippen molar-refractivity contribution in [2.75, 3.05) is 5.32 Å². The quantitative estimate of drug-likeness (QED) is 0.700. The van der Waals surface area contributed by atoms with E-state index in [0.717, 1.165) is 5.56 Å². The summed E-state index contributed by atoms with van der Waals surface area (Å²) < 4.78 is 29.7. The Balaban J connectivity index is 1.70. The van der Waals surface area contributed by atoms with Crippen molar-refractivity contribution < 1.29 is 13.2 Å². The van der Waals surface area contributed by atoms with Gasteiger partial charge in [0.25, 0.3) is 11.8 Å². The first-order valence-electron chi connectivity index (χ1n) is 6.85. The molecule has 124 valence electrons. The molecule has 3 heterocycles. The highest BCUT2D eigenvalue weighted by Gasteiger charge is 2.17. The molecule has 0 saturated heterocycles. The summed E-state index contributed by atoms with van der Waals surface area (Å²) in [6.45, 7) is 1.91. The third-order valence-corrected chi connectivity index (χ3v) is 3.35. The van der Waals surface area contributed by atoms with Crippen molar-refractivity contribution in [3.63, 3.8) is 0 Å². The zero-order chi connectivity index (χ0) is 17.1. The fourth-order valence-electron chi connectivity index (χ4n) is 1.87. The average molecular weight is 353 g/mol. The third-order valence-electron chi connectivity index (χ3n) is 3.12. The fourth-order valence-corrected chi connectivity index (χ4v) is 1.98. The van der Waals surface area contributed by atoms with Gasteiger partial charge >= 0.3 is 6.43 Å². The molecule has 0 fully saturated rings. The van der Waals surface area contributed by atoms with Gasteiger partial charge in [-0.2, -0.15) is 8.78 Å². The second-order valence-corrected chi connectivity index (χ2v) is 5.21. The van der Waals surface area contributed by atoms with E-state index >= 15 is 0 Å². The molecule has 1 N–H and O–H groups in total. The summed E-state index contributed by atoms with van der Waals surface area (Å²) in [4.78, 5) is 12.2. The van der Waals surface area contributed by atoms with Gasteiger partial charge in [-0.15, -0.1) is 10.2 Å². The molecule has 3 rings (SSSR count). The number of rotatable bonds is 5. The Hall–Kier alpha value is -2.68. The maximum Gasteiger partial charge on any atom is 0.314 e. The van der Waals surface area contributed by atoms with Gasteiger partial charge in [0.15, 0.2) is 0 Å². The molecule has 7 nitrogen and oxygen atoms in total. The Bertz CT molecular complexity index is 809. The summed E-state index contributed by atoms with van der Waals surface area (Å²) in [5.74, 6) is -0.447. The van der Waals surface area contributed by atoms with Crippen molar-refractivity contribution in [1.29, 1.82) is 0 Å². The van der Waals surface area contributed by atoms with Gasteiger partial charge in [0.2, 0.25) is 5.95 Å². The van der Waals surface area contributed by atoms with Crippen LogP contribution in [0, 0.1) is 0 Å². The summed E-state index contributed by atoms with van der Waals surface area (Å²) >= 11 is 5.75. The van der Waals surface area contributed by atoms with Gasteiger partial charge < -0.3 is 9.73 Å². The van der Waals surface area contributed by atoms with Crippen molar-refractivity contribution in [2.24, 2.45) is 0 Å². The lowest BCUT2D eigenvalue weighted by atomic mass is 10.1. The molecule has 0 bridgehead atoms. The van der Waals surface area contributed by atoms with Crippen LogP contribution in [0.15, 0.2) is 35.1 Å². The Kier molecular flexibility index (Phi) is 4.61. The number of nitrogens with zero attached hydrogens (tertiary/aromatic N) is 5. The number of pyridine rings is 1. The second-order valence-electron chi connectivity index (χ2n) is 4.82. The van der Waals surface area contributed by atoms with E-state index in [1.54, 1.807) is 12.3 Å². The largest absolute Gasteiger partial charge is 0.415 e. The van der Waals surface area contributed by atoms with Crippen molar-refractivity contribution in [3.8, 4) is 11.5 Å². The lowest BCUT2D eigenvalue weighted by molar-refractivity contribution is 0.116. The van der Waals surface area contributed by atoms with E-state index in [4.69, 9.17) is 16.0 Å². The van der Waals surface area contributed by atoms with Gasteiger partial charge in [-0.1, -0.05) is 17.7 Å². The zero-order valence-electron chi connectivity index (χ0n) is 12.3. The molecule has 10 heteroatoms. The summed E-state index contributed by atoms with van der Waals surface area (Å²) in [5.41, 5.74) is 1.26. The van der Waals surface area contributed by atoms with Crippen molar-refractivity contribution in [2.45, 2.75) is 19.4 Å². The fraction of sp³-hybridized carbons (Fsp3) is 0.214. The Morgan fingerprint density at radius 3 is 2.42 bits per heavy atom. The molecule has 0 saturated carbocycles. The first-order valence-corrected chi connectivity index (χ1v) is 7.22. The third kappa shape index (κ3) is 3.62. The molecule has 0 aliphatic rings. The van der Waals surface area contributed by atoms with Crippen LogP contribution in [0.5, 0.6) is 0 Å². The van der Waals surface area contributed by atoms with E-state index in [1.807, 2.05) is 13.0 Å². The highest BCUT2D eigenvalue weighted by molar-refractivity contribution is 6.29. The van der Waals surface area contributed by atoms with E-state index in [0.29, 0.717) is 16.7 Å². The Morgan fingerprint density at radius 1 is 1.08 bits per heavy atom. The normalized spacial score (nSPS) is 12.4. The first-order chi connectivity index (χ1) is 11.5. The SMILES string of the molecule is C[C@H](Nc1ncc(-c2nnc(C(F)F)o2)cn1)c1ccc(Cl)nc1. The maximum absolute atomic E-state index is 12.4. The van der Waals surface area contributed by atoms with Crippen LogP contribution in [0.25, 0.3) is 11.5 Å². The molecule has 24 heavy (non-hydrogen) atoms. The second kappa shape index (κ2) is 6.83. The smallest absolute Gasteiger partial charge is 0.314 e. The minimum absolute atomic E-state index is 0.0631. The molecular formula is C14H11ClF2N6O. The van der Waals surface area contributed by atoms with Gasteiger partial charge in [-0.3, -0.25) is 0 Å². The molecule has 3 aromatic rings. The Labute approximate surface area is 140 Å². The lowest BCUT2D eigenvalue weighted by Crippen LogP contribution is -2.09. The van der Waals surface area contributed by atoms with Gasteiger partial charge in [-0.05, 0) is 18.6 Å². The number of alkyl halides is 2. The van der Waals surface area contributed by atoms with Crippen molar-refractivity contribution in [1.82, 2.24) is 25.1 Å². The predicted molar refractivity (Wildman–Crippen MR) is 81.6 cm³/mol. The molecule has 0 aliphatic carbocycles. The molecule has 1 atom stereocenters. The van der Waals surface area contributed by atoms with E-state index in [-0.39, 0.29) is 11.9 Å². The predicted octanol–water partition coefficient (Wildman–Crippen LogP) is 3.69. The minimum atomic E-state index is -2.82. The summed E-state index contributed by atoms with van der Waals surface area (Å²) in [6, 6.07) is 3.43. The average Bonchev–Trinajstić information content (AvgIpc) is 3.06. The monoisotopic (exact) mass is 352 g/mol. The van der Waals surface area contributed by atoms with Crippen LogP contribution in [0.3, 0.4) is 0 Å². The highest BCUT2D eigenvalue weighted by atomic mass is 35.5. The van der Waals surface area contributed by atoms with Crippen LogP contribution >= 0.6 is 11.6 Å². The van der Waals surface area contributed by atoms with Crippen LogP contribution in [-0.2, 0) is 0 Å². The summed E-state index contributed by atoms with van der Waals surface area (Å²) in [6.07, 6.45) is 1.65. The number of hydrogen-bond acceptors (Lipinski definition) is 7. The van der Waals surface area contributed by atoms with Crippen LogP contribution in [0.2, 0.25) is 5.15 Å². The Morgan fingerprint density at radius 2 is 1.83 bits per heavy atom. The van der Waals surface area contributed by atoms with E-state index in [2.05, 4.69) is 30.5 Å². The molecule has 0 aromatic carbocycles. The standard InChI is InChI=1S/C14H11ClF2N6O/c1-7(8-2-3-10(15)18-4-8)21-14-19-5-9(6-20-14)12-22-23-13(24-12)11(16)17/h2-7,11H,1H3,(H,19,20,21)/t7-/m0/s1. The number of nitrogens with one attached hydrogen (secondary N) is 1. The van der Waals surface area contributed by atoms with Gasteiger partial charge in [0.1, 0.15) is 5.15 Å². The first kappa shape index (κ1) is 16.2. The van der Waals surface area contributed by atoms with E-state index < -0.39 is 12.3 Å². The molecule has 0 spiro atoms. The molecule has 0 radical (unpaired) electrons. The van der Waals surface area contributed by atoms with Crippen molar-refractivity contribution >= 4 is 17.5 Å². The van der Waals surface area contributed by atoms with Gasteiger partial charge in [0, 0.05) is 18.6 Å². The topological polar surface area (TPSA) is 89.6 Å². The number of anilines is 1. The van der Waals surface area contributed by atoms with E-state index in [1.165, 1.54) is 12.4 Å². The molecule has 0 amide bonds. The number of aromatic nitrogens is 5. The summed E-state index contributed by atoms with van der Waals surface area (Å²) in [5, 5.41) is 10.3. The highest BCUT2D eigenvalue weighted by Crippen LogP contribution is 2.23. The van der Waals surface area contributed by atoms with Gasteiger partial charge in [-0.25, -0.2) is 15.0 Å². The molecule has 3 aromatic heterocycles. The van der Waals surface area contributed by atoms with Crippen molar-refractivity contribution in [3.05, 3.63) is 47.3 Å². The van der Waals surface area contributed by atoms with Crippen LogP contribution in [0.4, 0.5) is 14.7 Å². The van der Waals surface area contributed by atoms with Gasteiger partial charge in [0.05, 0.1) is 11.6 Å². The molecule has 0 aliphatic heterocycles. The number of hydrogen-bond donors (Lipinski definition) is 1. The lowest BCUT2D eigenvalue weighted by Gasteiger charge is -2.13. The van der Waals surface area contributed by atoms with Crippen LogP contribution in [-0.4, -0.2) is 25.1 Å². The maximum atomic E-state index is 12.4. The molecule has 0 unspecified atom stereocenters. The van der Waals surface area contributed by atoms with Crippen LogP contribution < -0.4 is 5.32 Å². The molecular weight excluding hydrogens is 342 g/mol. The van der Waals surface area contributed by atoms with Crippen LogP contribution in [0.1, 0.15) is 30.8 Å². The number of halogens is 3. The minimum Gasteiger partial charge on any atom is -0.415 e.